The van der Waals surface area contributed by atoms with Crippen LogP contribution in [0.4, 0.5) is 41.8 Å². The van der Waals surface area contributed by atoms with Gasteiger partial charge in [0, 0.05) is 18.6 Å². The maximum absolute atomic E-state index is 12.9. The molecule has 0 aromatic carbocycles. The van der Waals surface area contributed by atoms with E-state index in [-0.39, 0.29) is 34.4 Å². The maximum Gasteiger partial charge on any atom is 0.223 e. The van der Waals surface area contributed by atoms with Crippen LogP contribution in [-0.4, -0.2) is 124 Å². The Balaban J connectivity index is 0.000000301. The summed E-state index contributed by atoms with van der Waals surface area (Å²) in [4.78, 5) is 103. The molecule has 0 aliphatic heterocycles. The van der Waals surface area contributed by atoms with Gasteiger partial charge in [0.15, 0.2) is 5.65 Å². The summed E-state index contributed by atoms with van der Waals surface area (Å²) < 4.78 is 37.2. The summed E-state index contributed by atoms with van der Waals surface area (Å²) >= 11 is 18.2. The number of amides is 4. The molecule has 4 amide bonds. The van der Waals surface area contributed by atoms with Crippen molar-refractivity contribution in [3.63, 3.8) is 0 Å². The van der Waals surface area contributed by atoms with Gasteiger partial charge in [0.25, 0.3) is 0 Å². The number of aromatic nitrogens is 9. The zero-order valence-electron chi connectivity index (χ0n) is 44.4. The number of fused-ring (bicyclic) bond motifs is 3. The Bertz CT molecular complexity index is 2920. The van der Waals surface area contributed by atoms with Crippen molar-refractivity contribution in [2.24, 2.45) is 0 Å². The number of ether oxygens (including phenoxy) is 5. The van der Waals surface area contributed by atoms with Gasteiger partial charge in [-0.2, -0.15) is 24.9 Å². The number of nitrogens with zero attached hydrogens (tertiary/aromatic N) is 9. The summed E-state index contributed by atoms with van der Waals surface area (Å²) in [6.45, 7) is 26.7. The second kappa shape index (κ2) is 25.7. The van der Waals surface area contributed by atoms with Crippen LogP contribution < -0.4 is 15.5 Å². The number of aromatic amines is 2. The van der Waals surface area contributed by atoms with Gasteiger partial charge < -0.3 is 39.4 Å². The fourth-order valence-electron chi connectivity index (χ4n) is 5.28. The Morgan fingerprint density at radius 2 is 0.960 bits per heavy atom. The van der Waals surface area contributed by atoms with E-state index in [4.69, 9.17) is 64.2 Å². The molecule has 0 unspecified atom stereocenters. The van der Waals surface area contributed by atoms with Gasteiger partial charge in [-0.05, 0) is 122 Å². The van der Waals surface area contributed by atoms with Gasteiger partial charge in [-0.25, -0.2) is 33.5 Å². The van der Waals surface area contributed by atoms with E-state index in [2.05, 4.69) is 49.6 Å². The molecule has 25 nitrogen and oxygen atoms in total. The van der Waals surface area contributed by atoms with Crippen LogP contribution in [0.5, 0.6) is 0 Å². The Hall–Kier alpha value is -6.67. The van der Waals surface area contributed by atoms with E-state index in [0.29, 0.717) is 44.2 Å². The van der Waals surface area contributed by atoms with Gasteiger partial charge in [0.05, 0.1) is 16.2 Å². The van der Waals surface area contributed by atoms with E-state index < -0.39 is 64.4 Å². The van der Waals surface area contributed by atoms with Gasteiger partial charge in [-0.1, -0.05) is 34.8 Å². The van der Waals surface area contributed by atoms with Crippen LogP contribution in [0, 0.1) is 0 Å². The van der Waals surface area contributed by atoms with Gasteiger partial charge in [0.1, 0.15) is 54.8 Å². The monoisotopic (exact) mass is 1100 g/mol. The first-order valence-electron chi connectivity index (χ1n) is 22.5. The molecule has 0 aliphatic carbocycles. The first kappa shape index (κ1) is 62.6. The van der Waals surface area contributed by atoms with Crippen LogP contribution in [0.3, 0.4) is 0 Å². The van der Waals surface area contributed by atoms with Gasteiger partial charge in [-0.15, -0.1) is 9.80 Å². The van der Waals surface area contributed by atoms with Gasteiger partial charge in [0.2, 0.25) is 17.8 Å². The number of carbonyl (C=O) groups is 5. The molecule has 405 valence electrons. The molecule has 6 aromatic heterocycles. The predicted molar refractivity (Wildman–Crippen MR) is 281 cm³/mol. The van der Waals surface area contributed by atoms with Crippen molar-refractivity contribution in [1.29, 1.82) is 0 Å². The number of rotatable bonds is 6. The Morgan fingerprint density at radius 1 is 0.573 bits per heavy atom. The number of nitrogens with one attached hydrogen (secondary N) is 2. The molecular weight excluding hydrogens is 1040 g/mol. The largest absolute Gasteiger partial charge is 0.368 e. The summed E-state index contributed by atoms with van der Waals surface area (Å²) in [7, 11) is 1.97. The number of halogens is 3. The van der Waals surface area contributed by atoms with Crippen LogP contribution in [0.2, 0.25) is 22.3 Å². The fourth-order valence-corrected chi connectivity index (χ4v) is 5.97. The standard InChI is InChI=1S/C21H29ClN4O6.C16H21ClN4O4.C6H5ClN4.C2H5B2O3/c1-19(2,3)30-16(27)25-11-10-12-13(22)23-15(24-14(12)25)26(17(28)31-20(4,5)6)18(29)32-21(7,8)9;1-15(2,3)24-13(22)21(14(23)25-16(4,5)6)12-19-10(17)9-7-8-18-11(9)20-12;7-4-3-1-2-9-5(3)11-6(8)10-4;1-3-7-6-2-4-5/h10-11H,1-9H3;7-8H,1-6H3,(H,18,19,20);1-2H,(H3,8,9,10,11);2H2,1H3. The fraction of sp³-hybridized carbons (Fsp3) is 0.489. The number of nitrogen functional groups attached to an aromatic ring is 1. The molecule has 0 atom stereocenters. The molecular formula is C45H60B2Cl3N12O13. The predicted octanol–water partition coefficient (Wildman–Crippen LogP) is 10.6. The molecule has 0 bridgehead atoms. The van der Waals surface area contributed by atoms with Gasteiger partial charge >= 0.3 is 72.8 Å². The third kappa shape index (κ3) is 20.2. The SMILES string of the molecule is CC(C)(C)OC(=O)N(C(=O)OC(C)(C)C)c1nc(Cl)c2cc[nH]c2n1.CC(C)(C)OC(=O)N(C(=O)OC(C)(C)C)c1nc(Cl)c2ccn(C(=O)OC(C)(C)C)c2n1.C[B]OOCB=O.Nc1nc(Cl)c2cc[nH]c2n1. The van der Waals surface area contributed by atoms with Crippen molar-refractivity contribution in [2.45, 2.75) is 139 Å². The molecule has 0 spiro atoms. The average Bonchev–Trinajstić information content (AvgIpc) is 4.00. The molecule has 6 rings (SSSR count). The molecule has 0 fully saturated rings. The number of hydrogen-bond acceptors (Lipinski definition) is 20. The number of nitrogens with two attached hydrogens (primary N) is 1. The summed E-state index contributed by atoms with van der Waals surface area (Å²) in [5, 5.41) is 2.09. The van der Waals surface area contributed by atoms with Crippen LogP contribution in [-0.2, 0) is 38.1 Å². The zero-order chi connectivity index (χ0) is 57.0. The summed E-state index contributed by atoms with van der Waals surface area (Å²) in [5.74, 6) is -0.456. The Morgan fingerprint density at radius 3 is 1.36 bits per heavy atom. The Kier molecular flexibility index (Phi) is 21.5. The van der Waals surface area contributed by atoms with Crippen LogP contribution >= 0.6 is 34.8 Å². The number of imide groups is 2. The first-order chi connectivity index (χ1) is 34.4. The van der Waals surface area contributed by atoms with Crippen molar-refractivity contribution in [1.82, 2.24) is 44.4 Å². The number of hydrogen-bond donors (Lipinski definition) is 3. The van der Waals surface area contributed by atoms with E-state index in [1.54, 1.807) is 135 Å². The number of H-pyrrole nitrogens is 2. The van der Waals surface area contributed by atoms with Crippen molar-refractivity contribution in [3.8, 4) is 0 Å². The minimum atomic E-state index is -1.06. The third-order valence-electron chi connectivity index (χ3n) is 7.82. The van der Waals surface area contributed by atoms with E-state index >= 15 is 0 Å². The van der Waals surface area contributed by atoms with Crippen molar-refractivity contribution < 1.29 is 62.1 Å². The minimum absolute atomic E-state index is 0.00958. The second-order valence-electron chi connectivity index (χ2n) is 20.3. The number of anilines is 3. The van der Waals surface area contributed by atoms with E-state index in [1.807, 2.05) is 0 Å². The molecule has 6 heterocycles. The molecule has 0 saturated carbocycles. The average molecular weight is 1110 g/mol. The van der Waals surface area contributed by atoms with Gasteiger partial charge in [-0.3, -0.25) is 0 Å². The van der Waals surface area contributed by atoms with E-state index in [1.165, 1.54) is 19.7 Å². The molecule has 0 aliphatic rings. The topological polar surface area (TPSA) is 313 Å². The number of carbonyl (C=O) groups excluding carboxylic acids is 5. The Labute approximate surface area is 448 Å². The minimum Gasteiger partial charge on any atom is -0.368 e. The van der Waals surface area contributed by atoms with E-state index in [9.17, 15) is 28.7 Å². The normalized spacial score (nSPS) is 11.6. The molecule has 4 N–H and O–H groups in total. The molecule has 30 heteroatoms. The molecule has 1 radical (unpaired) electrons. The smallest absolute Gasteiger partial charge is 0.223 e. The van der Waals surface area contributed by atoms with Crippen LogP contribution in [0.25, 0.3) is 33.1 Å². The van der Waals surface area contributed by atoms with Crippen molar-refractivity contribution in [2.75, 3.05) is 22.0 Å². The summed E-state index contributed by atoms with van der Waals surface area (Å²) in [5.41, 5.74) is 2.22. The van der Waals surface area contributed by atoms with E-state index in [0.717, 1.165) is 9.95 Å². The zero-order valence-corrected chi connectivity index (χ0v) is 46.6. The van der Waals surface area contributed by atoms with Crippen molar-refractivity contribution >= 4 is 131 Å². The molecule has 75 heavy (non-hydrogen) atoms. The summed E-state index contributed by atoms with van der Waals surface area (Å²) in [6.07, 6.45) is 0.0381. The maximum atomic E-state index is 12.9. The molecule has 6 aromatic rings. The van der Waals surface area contributed by atoms with Crippen LogP contribution in [0.1, 0.15) is 104 Å². The molecule has 0 saturated heterocycles. The second-order valence-corrected chi connectivity index (χ2v) is 21.3. The quantitative estimate of drug-likeness (QED) is 0.0348. The summed E-state index contributed by atoms with van der Waals surface area (Å²) in [6, 6.07) is 5.01. The third-order valence-corrected chi connectivity index (χ3v) is 8.69. The van der Waals surface area contributed by atoms with Crippen LogP contribution in [0.15, 0.2) is 36.8 Å². The van der Waals surface area contributed by atoms with Crippen molar-refractivity contribution in [3.05, 3.63) is 52.2 Å². The first-order valence-corrected chi connectivity index (χ1v) is 23.6.